The highest BCUT2D eigenvalue weighted by molar-refractivity contribution is 5.22. The van der Waals surface area contributed by atoms with Gasteiger partial charge in [-0.05, 0) is 43.4 Å². The van der Waals surface area contributed by atoms with Crippen LogP contribution in [0.5, 0.6) is 0 Å². The van der Waals surface area contributed by atoms with Crippen molar-refractivity contribution in [3.8, 4) is 0 Å². The van der Waals surface area contributed by atoms with Crippen LogP contribution in [0.2, 0.25) is 0 Å². The number of rotatable bonds is 5. The highest BCUT2D eigenvalue weighted by Gasteiger charge is 2.22. The summed E-state index contributed by atoms with van der Waals surface area (Å²) < 4.78 is 12.8. The third-order valence-corrected chi connectivity index (χ3v) is 2.91. The summed E-state index contributed by atoms with van der Waals surface area (Å²) >= 11 is 0. The fraction of sp³-hybridized carbons (Fsp3) is 0.571. The molecule has 0 aliphatic carbocycles. The lowest BCUT2D eigenvalue weighted by Crippen LogP contribution is -2.21. The fourth-order valence-electron chi connectivity index (χ4n) is 1.81. The average molecular weight is 224 g/mol. The van der Waals surface area contributed by atoms with Crippen LogP contribution in [-0.4, -0.2) is 5.11 Å². The van der Waals surface area contributed by atoms with Crippen LogP contribution in [0.15, 0.2) is 24.3 Å². The standard InChI is InChI=1S/C14H21FO/c1-11(2)5-4-10-14(3,16)12-6-8-13(15)9-7-12/h6-9,11,16H,4-5,10H2,1-3H3. The minimum Gasteiger partial charge on any atom is -0.385 e. The van der Waals surface area contributed by atoms with E-state index in [2.05, 4.69) is 13.8 Å². The van der Waals surface area contributed by atoms with Crippen LogP contribution >= 0.6 is 0 Å². The topological polar surface area (TPSA) is 20.2 Å². The average Bonchev–Trinajstić information content (AvgIpc) is 2.17. The third-order valence-electron chi connectivity index (χ3n) is 2.91. The van der Waals surface area contributed by atoms with Gasteiger partial charge in [-0.15, -0.1) is 0 Å². The maximum atomic E-state index is 12.8. The molecule has 1 nitrogen and oxygen atoms in total. The molecule has 1 unspecified atom stereocenters. The highest BCUT2D eigenvalue weighted by Crippen LogP contribution is 2.27. The van der Waals surface area contributed by atoms with Gasteiger partial charge in [0, 0.05) is 0 Å². The number of hydrogen-bond donors (Lipinski definition) is 1. The smallest absolute Gasteiger partial charge is 0.123 e. The Hall–Kier alpha value is -0.890. The molecule has 0 saturated carbocycles. The molecule has 1 aromatic carbocycles. The van der Waals surface area contributed by atoms with Crippen LogP contribution in [0.25, 0.3) is 0 Å². The van der Waals surface area contributed by atoms with E-state index in [4.69, 9.17) is 0 Å². The summed E-state index contributed by atoms with van der Waals surface area (Å²) in [7, 11) is 0. The maximum absolute atomic E-state index is 12.8. The van der Waals surface area contributed by atoms with Crippen molar-refractivity contribution in [2.24, 2.45) is 5.92 Å². The summed E-state index contributed by atoms with van der Waals surface area (Å²) in [5, 5.41) is 10.3. The quantitative estimate of drug-likeness (QED) is 0.805. The minimum atomic E-state index is -0.845. The Bertz CT molecular complexity index is 314. The van der Waals surface area contributed by atoms with Gasteiger partial charge in [0.1, 0.15) is 5.82 Å². The van der Waals surface area contributed by atoms with Gasteiger partial charge < -0.3 is 5.11 Å². The first-order valence-corrected chi connectivity index (χ1v) is 5.90. The van der Waals surface area contributed by atoms with Crippen LogP contribution in [0.4, 0.5) is 4.39 Å². The van der Waals surface area contributed by atoms with Crippen LogP contribution in [0.1, 0.15) is 45.6 Å². The molecular formula is C14H21FO. The Morgan fingerprint density at radius 2 is 1.81 bits per heavy atom. The molecule has 0 radical (unpaired) electrons. The van der Waals surface area contributed by atoms with Gasteiger partial charge >= 0.3 is 0 Å². The van der Waals surface area contributed by atoms with Gasteiger partial charge in [0.05, 0.1) is 5.60 Å². The Labute approximate surface area is 97.3 Å². The van der Waals surface area contributed by atoms with Gasteiger partial charge in [0.15, 0.2) is 0 Å². The van der Waals surface area contributed by atoms with Crippen molar-refractivity contribution >= 4 is 0 Å². The summed E-state index contributed by atoms with van der Waals surface area (Å²) in [6, 6.07) is 6.11. The lowest BCUT2D eigenvalue weighted by atomic mass is 9.89. The van der Waals surface area contributed by atoms with Crippen LogP contribution < -0.4 is 0 Å². The molecule has 16 heavy (non-hydrogen) atoms. The molecule has 0 bridgehead atoms. The molecule has 0 amide bonds. The number of hydrogen-bond acceptors (Lipinski definition) is 1. The Balaban J connectivity index is 2.59. The van der Waals surface area contributed by atoms with E-state index in [1.54, 1.807) is 19.1 Å². The van der Waals surface area contributed by atoms with Gasteiger partial charge in [-0.3, -0.25) is 0 Å². The first kappa shape index (κ1) is 13.2. The Kier molecular flexibility index (Phi) is 4.48. The van der Waals surface area contributed by atoms with E-state index in [9.17, 15) is 9.50 Å². The summed E-state index contributed by atoms with van der Waals surface area (Å²) in [4.78, 5) is 0. The van der Waals surface area contributed by atoms with E-state index in [0.717, 1.165) is 24.8 Å². The van der Waals surface area contributed by atoms with Gasteiger partial charge in [-0.2, -0.15) is 0 Å². The van der Waals surface area contributed by atoms with Crippen molar-refractivity contribution in [1.82, 2.24) is 0 Å². The summed E-state index contributed by atoms with van der Waals surface area (Å²) in [6.07, 6.45) is 2.82. The zero-order chi connectivity index (χ0) is 12.2. The fourth-order valence-corrected chi connectivity index (χ4v) is 1.81. The number of benzene rings is 1. The van der Waals surface area contributed by atoms with Gasteiger partial charge in [-0.1, -0.05) is 32.4 Å². The van der Waals surface area contributed by atoms with E-state index in [-0.39, 0.29) is 5.82 Å². The van der Waals surface area contributed by atoms with E-state index >= 15 is 0 Å². The molecule has 1 atom stereocenters. The Morgan fingerprint density at radius 3 is 2.31 bits per heavy atom. The van der Waals surface area contributed by atoms with Crippen LogP contribution in [-0.2, 0) is 5.60 Å². The van der Waals surface area contributed by atoms with Gasteiger partial charge in [-0.25, -0.2) is 4.39 Å². The normalized spacial score (nSPS) is 15.1. The molecule has 1 rings (SSSR count). The third kappa shape index (κ3) is 3.93. The molecule has 0 aromatic heterocycles. The van der Waals surface area contributed by atoms with Crippen molar-refractivity contribution < 1.29 is 9.50 Å². The zero-order valence-corrected chi connectivity index (χ0v) is 10.3. The van der Waals surface area contributed by atoms with E-state index < -0.39 is 5.60 Å². The van der Waals surface area contributed by atoms with Crippen molar-refractivity contribution in [3.05, 3.63) is 35.6 Å². The predicted molar refractivity (Wildman–Crippen MR) is 64.7 cm³/mol. The number of aliphatic hydroxyl groups is 1. The zero-order valence-electron chi connectivity index (χ0n) is 10.3. The van der Waals surface area contributed by atoms with Crippen molar-refractivity contribution in [2.45, 2.75) is 45.6 Å². The molecule has 0 aliphatic heterocycles. The molecular weight excluding hydrogens is 203 g/mol. The molecule has 0 spiro atoms. The first-order chi connectivity index (χ1) is 7.42. The van der Waals surface area contributed by atoms with Crippen LogP contribution in [0.3, 0.4) is 0 Å². The first-order valence-electron chi connectivity index (χ1n) is 5.90. The molecule has 90 valence electrons. The van der Waals surface area contributed by atoms with Crippen molar-refractivity contribution in [2.75, 3.05) is 0 Å². The van der Waals surface area contributed by atoms with E-state index in [0.29, 0.717) is 5.92 Å². The molecule has 0 heterocycles. The Morgan fingerprint density at radius 1 is 1.25 bits per heavy atom. The maximum Gasteiger partial charge on any atom is 0.123 e. The second kappa shape index (κ2) is 5.44. The molecule has 1 aromatic rings. The molecule has 0 fully saturated rings. The van der Waals surface area contributed by atoms with E-state index in [1.807, 2.05) is 0 Å². The van der Waals surface area contributed by atoms with Crippen molar-refractivity contribution in [3.63, 3.8) is 0 Å². The molecule has 1 N–H and O–H groups in total. The number of halogens is 1. The predicted octanol–water partition coefficient (Wildman–Crippen LogP) is 3.86. The molecule has 0 saturated heterocycles. The minimum absolute atomic E-state index is 0.262. The second-order valence-electron chi connectivity index (χ2n) is 5.07. The highest BCUT2D eigenvalue weighted by atomic mass is 19.1. The second-order valence-corrected chi connectivity index (χ2v) is 5.07. The molecule has 2 heteroatoms. The van der Waals surface area contributed by atoms with Crippen LogP contribution in [0, 0.1) is 11.7 Å². The summed E-state index contributed by atoms with van der Waals surface area (Å²) in [5.74, 6) is 0.394. The lowest BCUT2D eigenvalue weighted by Gasteiger charge is -2.24. The van der Waals surface area contributed by atoms with Gasteiger partial charge in [0.25, 0.3) is 0 Å². The van der Waals surface area contributed by atoms with E-state index in [1.165, 1.54) is 12.1 Å². The monoisotopic (exact) mass is 224 g/mol. The van der Waals surface area contributed by atoms with Crippen molar-refractivity contribution in [1.29, 1.82) is 0 Å². The molecule has 0 aliphatic rings. The lowest BCUT2D eigenvalue weighted by molar-refractivity contribution is 0.0440. The SMILES string of the molecule is CC(C)CCCC(C)(O)c1ccc(F)cc1. The largest absolute Gasteiger partial charge is 0.385 e. The summed E-state index contributed by atoms with van der Waals surface area (Å²) in [6.45, 7) is 6.14. The van der Waals surface area contributed by atoms with Gasteiger partial charge in [0.2, 0.25) is 0 Å². The summed E-state index contributed by atoms with van der Waals surface area (Å²) in [5.41, 5.74) is -0.0552.